The zero-order valence-electron chi connectivity index (χ0n) is 23.9. The molecule has 0 radical (unpaired) electrons. The summed E-state index contributed by atoms with van der Waals surface area (Å²) in [5, 5.41) is 14.3. The largest absolute Gasteiger partial charge is 0.355 e. The van der Waals surface area contributed by atoms with Crippen molar-refractivity contribution in [3.05, 3.63) is 136 Å². The number of amides is 2. The molecule has 4 aromatic rings. The molecular weight excluding hydrogens is 587 g/mol. The number of nitrogens with one attached hydrogen (secondary N) is 1. The summed E-state index contributed by atoms with van der Waals surface area (Å²) in [5.41, 5.74) is 0.800. The van der Waals surface area contributed by atoms with Crippen molar-refractivity contribution in [2.24, 2.45) is 0 Å². The molecule has 0 saturated heterocycles. The maximum Gasteiger partial charge on any atom is 0.271 e. The average molecular weight is 619 g/mol. The number of hydrogen-bond acceptors (Lipinski definition) is 6. The van der Waals surface area contributed by atoms with Gasteiger partial charge in [0.1, 0.15) is 18.4 Å². The van der Waals surface area contributed by atoms with Gasteiger partial charge in [-0.05, 0) is 48.4 Å². The molecule has 0 unspecified atom stereocenters. The van der Waals surface area contributed by atoms with Crippen molar-refractivity contribution in [1.29, 1.82) is 0 Å². The Balaban J connectivity index is 1.81. The Morgan fingerprint density at radius 2 is 1.52 bits per heavy atom. The topological polar surface area (TPSA) is 130 Å². The van der Waals surface area contributed by atoms with Crippen LogP contribution in [-0.4, -0.2) is 49.2 Å². The molecule has 0 bridgehead atoms. The molecule has 12 heteroatoms. The van der Waals surface area contributed by atoms with E-state index in [9.17, 15) is 32.5 Å². The molecule has 228 valence electrons. The number of halogens is 1. The first-order valence-corrected chi connectivity index (χ1v) is 15.2. The van der Waals surface area contributed by atoms with Gasteiger partial charge in [-0.25, -0.2) is 12.8 Å². The minimum absolute atomic E-state index is 0.101. The molecule has 2 amide bonds. The lowest BCUT2D eigenvalue weighted by atomic mass is 10.0. The lowest BCUT2D eigenvalue weighted by Gasteiger charge is -2.33. The molecule has 44 heavy (non-hydrogen) atoms. The Bertz CT molecular complexity index is 1700. The van der Waals surface area contributed by atoms with Gasteiger partial charge in [0, 0.05) is 31.6 Å². The van der Waals surface area contributed by atoms with Crippen LogP contribution in [0.25, 0.3) is 0 Å². The van der Waals surface area contributed by atoms with Crippen LogP contribution >= 0.6 is 0 Å². The summed E-state index contributed by atoms with van der Waals surface area (Å²) in [6, 6.07) is 25.7. The van der Waals surface area contributed by atoms with Crippen molar-refractivity contribution in [3.63, 3.8) is 0 Å². The number of anilines is 1. The SMILES string of the molecule is CCNC(=O)[C@H](Cc1ccccc1)N(Cc1ccc(F)cc1)C(=O)CN(c1cccc([N+](=O)[O-])c1)S(=O)(=O)c1ccccc1. The average Bonchev–Trinajstić information content (AvgIpc) is 3.03. The molecule has 0 aromatic heterocycles. The molecule has 10 nitrogen and oxygen atoms in total. The second-order valence-electron chi connectivity index (χ2n) is 9.85. The van der Waals surface area contributed by atoms with E-state index in [2.05, 4.69) is 5.32 Å². The van der Waals surface area contributed by atoms with Gasteiger partial charge in [0.05, 0.1) is 15.5 Å². The number of likely N-dealkylation sites (N-methyl/N-ethyl adjacent to an activating group) is 1. The second-order valence-corrected chi connectivity index (χ2v) is 11.7. The molecule has 0 saturated carbocycles. The molecular formula is C32H31FN4O6S. The van der Waals surface area contributed by atoms with E-state index in [0.29, 0.717) is 5.56 Å². The van der Waals surface area contributed by atoms with Crippen LogP contribution in [0, 0.1) is 15.9 Å². The van der Waals surface area contributed by atoms with E-state index in [4.69, 9.17) is 0 Å². The summed E-state index contributed by atoms with van der Waals surface area (Å²) in [7, 11) is -4.41. The van der Waals surface area contributed by atoms with Crippen LogP contribution in [0.5, 0.6) is 0 Å². The molecule has 0 fully saturated rings. The first-order chi connectivity index (χ1) is 21.1. The molecule has 0 heterocycles. The molecule has 0 spiro atoms. The number of nitro groups is 1. The van der Waals surface area contributed by atoms with Gasteiger partial charge in [0.2, 0.25) is 11.8 Å². The molecule has 1 N–H and O–H groups in total. The fraction of sp³-hybridized carbons (Fsp3) is 0.188. The smallest absolute Gasteiger partial charge is 0.271 e. The molecule has 1 atom stereocenters. The number of nitrogens with zero attached hydrogens (tertiary/aromatic N) is 3. The molecule has 0 aliphatic carbocycles. The van der Waals surface area contributed by atoms with Crippen molar-refractivity contribution in [1.82, 2.24) is 10.2 Å². The van der Waals surface area contributed by atoms with Crippen LogP contribution in [-0.2, 0) is 32.6 Å². The lowest BCUT2D eigenvalue weighted by Crippen LogP contribution is -2.53. The highest BCUT2D eigenvalue weighted by atomic mass is 32.2. The van der Waals surface area contributed by atoms with Gasteiger partial charge in [-0.1, -0.05) is 66.7 Å². The summed E-state index contributed by atoms with van der Waals surface area (Å²) in [6.07, 6.45) is 0.113. The minimum atomic E-state index is -4.41. The van der Waals surface area contributed by atoms with Crippen LogP contribution in [0.15, 0.2) is 114 Å². The van der Waals surface area contributed by atoms with E-state index < -0.39 is 45.2 Å². The number of non-ortho nitro benzene ring substituents is 1. The van der Waals surface area contributed by atoms with E-state index in [-0.39, 0.29) is 35.8 Å². The van der Waals surface area contributed by atoms with Gasteiger partial charge in [0.15, 0.2) is 0 Å². The van der Waals surface area contributed by atoms with E-state index in [1.54, 1.807) is 25.1 Å². The lowest BCUT2D eigenvalue weighted by molar-refractivity contribution is -0.384. The van der Waals surface area contributed by atoms with Crippen molar-refractivity contribution < 1.29 is 27.3 Å². The third-order valence-corrected chi connectivity index (χ3v) is 8.61. The van der Waals surface area contributed by atoms with Crippen LogP contribution in [0.3, 0.4) is 0 Å². The zero-order chi connectivity index (χ0) is 31.7. The van der Waals surface area contributed by atoms with Gasteiger partial charge < -0.3 is 10.2 Å². The van der Waals surface area contributed by atoms with Gasteiger partial charge in [-0.3, -0.25) is 24.0 Å². The van der Waals surface area contributed by atoms with Crippen molar-refractivity contribution in [3.8, 4) is 0 Å². The summed E-state index contributed by atoms with van der Waals surface area (Å²) >= 11 is 0. The van der Waals surface area contributed by atoms with E-state index in [0.717, 1.165) is 15.9 Å². The van der Waals surface area contributed by atoms with Crippen LogP contribution < -0.4 is 9.62 Å². The van der Waals surface area contributed by atoms with Crippen molar-refractivity contribution in [2.45, 2.75) is 30.8 Å². The Morgan fingerprint density at radius 3 is 2.14 bits per heavy atom. The Kier molecular flexibility index (Phi) is 10.4. The first-order valence-electron chi connectivity index (χ1n) is 13.8. The minimum Gasteiger partial charge on any atom is -0.355 e. The normalized spacial score (nSPS) is 11.8. The Hall–Kier alpha value is -5.10. The highest BCUT2D eigenvalue weighted by molar-refractivity contribution is 7.92. The van der Waals surface area contributed by atoms with Gasteiger partial charge in [0.25, 0.3) is 15.7 Å². The van der Waals surface area contributed by atoms with Gasteiger partial charge >= 0.3 is 0 Å². The van der Waals surface area contributed by atoms with E-state index in [1.165, 1.54) is 71.6 Å². The molecule has 4 rings (SSSR count). The number of nitro benzene ring substituents is 1. The number of sulfonamides is 1. The predicted octanol–water partition coefficient (Wildman–Crippen LogP) is 4.71. The maximum absolute atomic E-state index is 14.3. The van der Waals surface area contributed by atoms with Crippen LogP contribution in [0.4, 0.5) is 15.8 Å². The number of carbonyl (C=O) groups is 2. The maximum atomic E-state index is 14.3. The molecule has 0 aliphatic rings. The predicted molar refractivity (Wildman–Crippen MR) is 164 cm³/mol. The van der Waals surface area contributed by atoms with E-state index in [1.807, 2.05) is 18.2 Å². The van der Waals surface area contributed by atoms with Crippen molar-refractivity contribution in [2.75, 3.05) is 17.4 Å². The monoisotopic (exact) mass is 618 g/mol. The highest BCUT2D eigenvalue weighted by Gasteiger charge is 2.34. The zero-order valence-corrected chi connectivity index (χ0v) is 24.7. The van der Waals surface area contributed by atoms with Crippen LogP contribution in [0.2, 0.25) is 0 Å². The summed E-state index contributed by atoms with van der Waals surface area (Å²) in [5.74, 6) is -1.69. The molecule has 4 aromatic carbocycles. The van der Waals surface area contributed by atoms with Crippen molar-refractivity contribution >= 4 is 33.2 Å². The van der Waals surface area contributed by atoms with Gasteiger partial charge in [-0.15, -0.1) is 0 Å². The quantitative estimate of drug-likeness (QED) is 0.171. The number of carbonyl (C=O) groups excluding carboxylic acids is 2. The fourth-order valence-corrected chi connectivity index (χ4v) is 6.07. The third kappa shape index (κ3) is 7.84. The second kappa shape index (κ2) is 14.4. The van der Waals surface area contributed by atoms with Crippen LogP contribution in [0.1, 0.15) is 18.1 Å². The van der Waals surface area contributed by atoms with Gasteiger partial charge in [-0.2, -0.15) is 0 Å². The summed E-state index contributed by atoms with van der Waals surface area (Å²) in [6.45, 7) is 1.11. The molecule has 0 aliphatic heterocycles. The number of hydrogen-bond donors (Lipinski definition) is 1. The highest BCUT2D eigenvalue weighted by Crippen LogP contribution is 2.28. The van der Waals surface area contributed by atoms with E-state index >= 15 is 0 Å². The fourth-order valence-electron chi connectivity index (χ4n) is 4.64. The third-order valence-electron chi connectivity index (χ3n) is 6.83. The summed E-state index contributed by atoms with van der Waals surface area (Å²) in [4.78, 5) is 39.7. The summed E-state index contributed by atoms with van der Waals surface area (Å²) < 4.78 is 42.4. The Morgan fingerprint density at radius 1 is 0.886 bits per heavy atom. The standard InChI is InChI=1S/C32H31FN4O6S/c1-2-34-32(39)30(20-24-10-5-3-6-11-24)35(22-25-16-18-26(33)19-17-25)31(38)23-36(27-12-9-13-28(21-27)37(40)41)44(42,43)29-14-7-4-8-15-29/h3-19,21,30H,2,20,22-23H2,1H3,(H,34,39)/t30-/m0/s1. The number of benzene rings is 4. The first kappa shape index (κ1) is 31.8. The number of rotatable bonds is 13. The Labute approximate surface area is 254 Å².